The lowest BCUT2D eigenvalue weighted by Crippen LogP contribution is -2.05. The maximum Gasteiger partial charge on any atom is 0.339 e. The Hall–Kier alpha value is -3.42. The Kier molecular flexibility index (Phi) is 3.38. The highest BCUT2D eigenvalue weighted by Crippen LogP contribution is 2.37. The van der Waals surface area contributed by atoms with Crippen LogP contribution in [0.3, 0.4) is 0 Å². The first-order valence-electron chi connectivity index (χ1n) is 7.20. The normalized spacial score (nSPS) is 12.4. The first-order valence-corrected chi connectivity index (χ1v) is 7.20. The molecule has 0 bridgehead atoms. The first-order chi connectivity index (χ1) is 12.0. The van der Waals surface area contributed by atoms with Gasteiger partial charge in [0, 0.05) is 29.4 Å². The Morgan fingerprint density at radius 2 is 1.96 bits per heavy atom. The predicted octanol–water partition coefficient (Wildman–Crippen LogP) is 3.68. The van der Waals surface area contributed by atoms with Gasteiger partial charge >= 0.3 is 5.97 Å². The lowest BCUT2D eigenvalue weighted by Gasteiger charge is -2.13. The number of aromatic nitrogens is 1. The van der Waals surface area contributed by atoms with Crippen LogP contribution in [0.2, 0.25) is 0 Å². The van der Waals surface area contributed by atoms with E-state index in [-0.39, 0.29) is 28.9 Å². The zero-order valence-electron chi connectivity index (χ0n) is 12.5. The van der Waals surface area contributed by atoms with E-state index in [1.54, 1.807) is 18.2 Å². The van der Waals surface area contributed by atoms with Gasteiger partial charge in [-0.3, -0.25) is 4.98 Å². The van der Waals surface area contributed by atoms with Crippen LogP contribution in [0.5, 0.6) is 11.5 Å². The molecule has 1 aliphatic heterocycles. The van der Waals surface area contributed by atoms with Crippen LogP contribution in [0.25, 0.3) is 10.9 Å². The van der Waals surface area contributed by atoms with Crippen molar-refractivity contribution in [2.75, 3.05) is 12.1 Å². The maximum absolute atomic E-state index is 14.0. The van der Waals surface area contributed by atoms with Crippen molar-refractivity contribution in [2.45, 2.75) is 0 Å². The fourth-order valence-electron chi connectivity index (χ4n) is 2.64. The molecule has 4 rings (SSSR count). The number of nitrogens with one attached hydrogen (secondary N) is 1. The van der Waals surface area contributed by atoms with Crippen molar-refractivity contribution in [3.05, 3.63) is 53.7 Å². The molecular weight excluding hydrogens is 334 g/mol. The number of rotatable bonds is 3. The quantitative estimate of drug-likeness (QED) is 0.754. The van der Waals surface area contributed by atoms with Crippen LogP contribution in [-0.4, -0.2) is 22.9 Å². The second-order valence-corrected chi connectivity index (χ2v) is 5.33. The Labute approximate surface area is 139 Å². The number of pyridine rings is 1. The smallest absolute Gasteiger partial charge is 0.339 e. The second-order valence-electron chi connectivity index (χ2n) is 5.33. The fourth-order valence-corrected chi connectivity index (χ4v) is 2.64. The summed E-state index contributed by atoms with van der Waals surface area (Å²) in [6, 6.07) is 6.62. The SMILES string of the molecule is O=C(O)c1cnc2c(F)cc(F)cc2c1Nc1ccc2c(c1)OCO2. The van der Waals surface area contributed by atoms with Gasteiger partial charge in [0.25, 0.3) is 0 Å². The lowest BCUT2D eigenvalue weighted by molar-refractivity contribution is 0.0697. The summed E-state index contributed by atoms with van der Waals surface area (Å²) in [4.78, 5) is 15.3. The van der Waals surface area contributed by atoms with Crippen LogP contribution in [0, 0.1) is 11.6 Å². The molecule has 0 saturated heterocycles. The van der Waals surface area contributed by atoms with Gasteiger partial charge in [-0.1, -0.05) is 0 Å². The summed E-state index contributed by atoms with van der Waals surface area (Å²) in [5.74, 6) is -1.94. The van der Waals surface area contributed by atoms with Crippen LogP contribution in [0.1, 0.15) is 10.4 Å². The number of benzene rings is 2. The summed E-state index contributed by atoms with van der Waals surface area (Å²) < 4.78 is 38.1. The molecule has 0 spiro atoms. The Balaban J connectivity index is 1.89. The number of carbonyl (C=O) groups is 1. The van der Waals surface area contributed by atoms with Gasteiger partial charge in [-0.15, -0.1) is 0 Å². The molecule has 0 fully saturated rings. The molecule has 25 heavy (non-hydrogen) atoms. The summed E-state index contributed by atoms with van der Waals surface area (Å²) in [5, 5.41) is 12.3. The van der Waals surface area contributed by atoms with Crippen LogP contribution in [0.4, 0.5) is 20.2 Å². The average Bonchev–Trinajstić information content (AvgIpc) is 3.02. The number of ether oxygens (including phenoxy) is 2. The number of anilines is 2. The number of aromatic carboxylic acids is 1. The zero-order valence-corrected chi connectivity index (χ0v) is 12.5. The Morgan fingerprint density at radius 1 is 1.16 bits per heavy atom. The van der Waals surface area contributed by atoms with E-state index < -0.39 is 17.6 Å². The van der Waals surface area contributed by atoms with E-state index in [1.165, 1.54) is 0 Å². The number of nitrogens with zero attached hydrogens (tertiary/aromatic N) is 1. The lowest BCUT2D eigenvalue weighted by atomic mass is 10.1. The Bertz CT molecular complexity index is 1020. The summed E-state index contributed by atoms with van der Waals surface area (Å²) >= 11 is 0. The van der Waals surface area contributed by atoms with E-state index in [4.69, 9.17) is 9.47 Å². The summed E-state index contributed by atoms with van der Waals surface area (Å²) in [7, 11) is 0. The van der Waals surface area contributed by atoms with Crippen LogP contribution in [0.15, 0.2) is 36.5 Å². The van der Waals surface area contributed by atoms with Gasteiger partial charge in [0.2, 0.25) is 6.79 Å². The number of halogens is 2. The minimum absolute atomic E-state index is 0.0232. The van der Waals surface area contributed by atoms with Crippen molar-refractivity contribution in [3.8, 4) is 11.5 Å². The van der Waals surface area contributed by atoms with Crippen molar-refractivity contribution in [1.29, 1.82) is 0 Å². The largest absolute Gasteiger partial charge is 0.478 e. The third-order valence-electron chi connectivity index (χ3n) is 3.76. The number of hydrogen-bond donors (Lipinski definition) is 2. The number of fused-ring (bicyclic) bond motifs is 2. The molecule has 126 valence electrons. The highest BCUT2D eigenvalue weighted by atomic mass is 19.1. The van der Waals surface area contributed by atoms with E-state index in [0.717, 1.165) is 12.3 Å². The van der Waals surface area contributed by atoms with Gasteiger partial charge in [0.05, 0.1) is 5.69 Å². The van der Waals surface area contributed by atoms with Crippen LogP contribution in [-0.2, 0) is 0 Å². The predicted molar refractivity (Wildman–Crippen MR) is 84.5 cm³/mol. The molecule has 0 unspecified atom stereocenters. The standard InChI is InChI=1S/C17H10F2N2O4/c18-8-3-10-15(11(17(22)23)6-20-16(10)12(19)4-8)21-9-1-2-13-14(5-9)25-7-24-13/h1-6H,7H2,(H,20,21)(H,22,23). The molecule has 0 radical (unpaired) electrons. The van der Waals surface area contributed by atoms with E-state index in [2.05, 4.69) is 10.3 Å². The van der Waals surface area contributed by atoms with Gasteiger partial charge in [0.1, 0.15) is 16.9 Å². The van der Waals surface area contributed by atoms with Gasteiger partial charge < -0.3 is 19.9 Å². The van der Waals surface area contributed by atoms with Crippen molar-refractivity contribution in [3.63, 3.8) is 0 Å². The van der Waals surface area contributed by atoms with Gasteiger partial charge in [-0.05, 0) is 18.2 Å². The molecule has 0 atom stereocenters. The topological polar surface area (TPSA) is 80.7 Å². The number of hydrogen-bond acceptors (Lipinski definition) is 5. The molecule has 0 amide bonds. The van der Waals surface area contributed by atoms with Crippen molar-refractivity contribution >= 4 is 28.2 Å². The number of carboxylic acids is 1. The zero-order chi connectivity index (χ0) is 17.6. The summed E-state index contributed by atoms with van der Waals surface area (Å²) in [5.41, 5.74) is 0.170. The molecule has 2 heterocycles. The van der Waals surface area contributed by atoms with Gasteiger partial charge in [-0.25, -0.2) is 13.6 Å². The highest BCUT2D eigenvalue weighted by Gasteiger charge is 2.19. The molecule has 0 aliphatic carbocycles. The van der Waals surface area contributed by atoms with E-state index >= 15 is 0 Å². The third kappa shape index (κ3) is 2.57. The van der Waals surface area contributed by atoms with Crippen LogP contribution < -0.4 is 14.8 Å². The van der Waals surface area contributed by atoms with Gasteiger partial charge in [-0.2, -0.15) is 0 Å². The third-order valence-corrected chi connectivity index (χ3v) is 3.76. The molecule has 0 saturated carbocycles. The minimum Gasteiger partial charge on any atom is -0.478 e. The minimum atomic E-state index is -1.28. The summed E-state index contributed by atoms with van der Waals surface area (Å²) in [6.07, 6.45) is 1.03. The van der Waals surface area contributed by atoms with E-state index in [0.29, 0.717) is 23.3 Å². The number of carboxylic acid groups (broad SMARTS) is 1. The van der Waals surface area contributed by atoms with Crippen molar-refractivity contribution in [1.82, 2.24) is 4.98 Å². The molecule has 6 nitrogen and oxygen atoms in total. The fraction of sp³-hybridized carbons (Fsp3) is 0.0588. The first kappa shape index (κ1) is 15.1. The highest BCUT2D eigenvalue weighted by molar-refractivity contribution is 6.05. The average molecular weight is 344 g/mol. The molecule has 3 aromatic rings. The Morgan fingerprint density at radius 3 is 2.76 bits per heavy atom. The molecule has 8 heteroatoms. The monoisotopic (exact) mass is 344 g/mol. The van der Waals surface area contributed by atoms with E-state index in [9.17, 15) is 18.7 Å². The molecule has 2 aromatic carbocycles. The second kappa shape index (κ2) is 5.59. The van der Waals surface area contributed by atoms with E-state index in [1.807, 2.05) is 0 Å². The molecule has 2 N–H and O–H groups in total. The molecule has 1 aliphatic rings. The molecule has 1 aromatic heterocycles. The summed E-state index contributed by atoms with van der Waals surface area (Å²) in [6.45, 7) is 0.0910. The van der Waals surface area contributed by atoms with Crippen molar-refractivity contribution < 1.29 is 28.2 Å². The molecular formula is C17H10F2N2O4. The van der Waals surface area contributed by atoms with Crippen molar-refractivity contribution in [2.24, 2.45) is 0 Å². The van der Waals surface area contributed by atoms with Crippen LogP contribution >= 0.6 is 0 Å². The van der Waals surface area contributed by atoms with Gasteiger partial charge in [0.15, 0.2) is 17.3 Å². The maximum atomic E-state index is 14.0.